The zero-order valence-corrected chi connectivity index (χ0v) is 18.5. The molecule has 178 valence electrons. The van der Waals surface area contributed by atoms with E-state index in [9.17, 15) is 31.5 Å². The highest BCUT2D eigenvalue weighted by Crippen LogP contribution is 2.35. The predicted octanol–water partition coefficient (Wildman–Crippen LogP) is 7.31. The second-order valence-corrected chi connectivity index (χ2v) is 7.52. The molecule has 0 saturated carbocycles. The lowest BCUT2D eigenvalue weighted by Crippen LogP contribution is -2.33. The maximum absolute atomic E-state index is 14.0. The molecular formula is C20H9Cl3F5N3O3. The number of anilines is 1. The van der Waals surface area contributed by atoms with Gasteiger partial charge in [-0.3, -0.25) is 4.79 Å². The second-order valence-electron chi connectivity index (χ2n) is 6.37. The van der Waals surface area contributed by atoms with Gasteiger partial charge >= 0.3 is 12.2 Å². The van der Waals surface area contributed by atoms with Crippen molar-refractivity contribution in [1.29, 1.82) is 0 Å². The number of hydrogen-bond donors (Lipinski definition) is 1. The highest BCUT2D eigenvalue weighted by Gasteiger charge is 2.32. The summed E-state index contributed by atoms with van der Waals surface area (Å²) in [5.74, 6) is -4.37. The Bertz CT molecular complexity index is 1260. The molecule has 2 aromatic carbocycles. The first-order valence-corrected chi connectivity index (χ1v) is 9.93. The van der Waals surface area contributed by atoms with Crippen molar-refractivity contribution >= 4 is 52.6 Å². The molecule has 6 nitrogen and oxygen atoms in total. The molecule has 0 saturated heterocycles. The summed E-state index contributed by atoms with van der Waals surface area (Å²) in [7, 11) is 0. The predicted molar refractivity (Wildman–Crippen MR) is 113 cm³/mol. The third-order valence-electron chi connectivity index (χ3n) is 4.07. The normalized spacial score (nSPS) is 11.2. The number of hydrogen-bond acceptors (Lipinski definition) is 4. The van der Waals surface area contributed by atoms with Crippen LogP contribution in [-0.4, -0.2) is 21.3 Å². The number of urea groups is 1. The van der Waals surface area contributed by atoms with Crippen LogP contribution in [0.3, 0.4) is 0 Å². The van der Waals surface area contributed by atoms with Gasteiger partial charge in [0, 0.05) is 23.7 Å². The largest absolute Gasteiger partial charge is 0.438 e. The van der Waals surface area contributed by atoms with Crippen molar-refractivity contribution in [2.45, 2.75) is 6.18 Å². The molecule has 0 fully saturated rings. The Morgan fingerprint density at radius 3 is 2.24 bits per heavy atom. The van der Waals surface area contributed by atoms with E-state index >= 15 is 0 Å². The van der Waals surface area contributed by atoms with E-state index in [2.05, 4.69) is 10.3 Å². The third kappa shape index (κ3) is 5.66. The van der Waals surface area contributed by atoms with Gasteiger partial charge in [-0.05, 0) is 42.5 Å². The van der Waals surface area contributed by atoms with E-state index in [0.717, 1.165) is 12.1 Å². The number of carbonyl (C=O) groups is 2. The fourth-order valence-corrected chi connectivity index (χ4v) is 2.95. The number of ether oxygens (including phenoxy) is 1. The summed E-state index contributed by atoms with van der Waals surface area (Å²) in [6.07, 6.45) is -4.08. The van der Waals surface area contributed by atoms with Gasteiger partial charge in [0.25, 0.3) is 5.91 Å². The molecule has 0 aliphatic heterocycles. The number of nitrogens with one attached hydrogen (secondary N) is 1. The average Bonchev–Trinajstić information content (AvgIpc) is 2.77. The van der Waals surface area contributed by atoms with Crippen molar-refractivity contribution < 1.29 is 36.3 Å². The van der Waals surface area contributed by atoms with Crippen molar-refractivity contribution in [2.24, 2.45) is 0 Å². The monoisotopic (exact) mass is 539 g/mol. The van der Waals surface area contributed by atoms with Crippen LogP contribution in [0, 0.1) is 11.6 Å². The lowest BCUT2D eigenvalue weighted by Gasteiger charge is -2.15. The fourth-order valence-electron chi connectivity index (χ4n) is 2.46. The highest BCUT2D eigenvalue weighted by atomic mass is 35.5. The lowest BCUT2D eigenvalue weighted by molar-refractivity contribution is -0.137. The number of amides is 3. The molecule has 0 radical (unpaired) electrons. The number of benzene rings is 2. The Kier molecular flexibility index (Phi) is 7.49. The summed E-state index contributed by atoms with van der Waals surface area (Å²) in [6, 6.07) is 6.17. The van der Waals surface area contributed by atoms with E-state index < -0.39 is 45.9 Å². The number of pyridine rings is 1. The summed E-state index contributed by atoms with van der Waals surface area (Å²) in [4.78, 5) is 28.0. The van der Waals surface area contributed by atoms with Gasteiger partial charge in [0.2, 0.25) is 5.88 Å². The van der Waals surface area contributed by atoms with Crippen LogP contribution in [0.2, 0.25) is 10.0 Å². The quantitative estimate of drug-likeness (QED) is 0.214. The van der Waals surface area contributed by atoms with Crippen LogP contribution < -0.4 is 10.1 Å². The first kappa shape index (κ1) is 25.5. The second kappa shape index (κ2) is 10.00. The molecule has 3 amide bonds. The van der Waals surface area contributed by atoms with Crippen LogP contribution in [0.15, 0.2) is 48.7 Å². The lowest BCUT2D eigenvalue weighted by atomic mass is 10.2. The van der Waals surface area contributed by atoms with E-state index in [1.165, 1.54) is 24.3 Å². The van der Waals surface area contributed by atoms with Crippen molar-refractivity contribution in [3.63, 3.8) is 0 Å². The van der Waals surface area contributed by atoms with Crippen molar-refractivity contribution in [2.75, 3.05) is 5.32 Å². The highest BCUT2D eigenvalue weighted by molar-refractivity contribution is 6.35. The van der Waals surface area contributed by atoms with E-state index in [1.54, 1.807) is 0 Å². The van der Waals surface area contributed by atoms with Crippen LogP contribution in [0.1, 0.15) is 15.9 Å². The Morgan fingerprint density at radius 1 is 1.00 bits per heavy atom. The Labute approximate surface area is 202 Å². The van der Waals surface area contributed by atoms with Gasteiger partial charge in [0.15, 0.2) is 5.82 Å². The Hall–Kier alpha value is -3.15. The minimum absolute atomic E-state index is 0.0753. The first-order chi connectivity index (χ1) is 15.9. The van der Waals surface area contributed by atoms with Crippen molar-refractivity contribution in [1.82, 2.24) is 9.40 Å². The molecule has 0 unspecified atom stereocenters. The van der Waals surface area contributed by atoms with E-state index in [1.807, 2.05) is 0 Å². The molecule has 1 aromatic heterocycles. The summed E-state index contributed by atoms with van der Waals surface area (Å²) >= 11 is 16.9. The van der Waals surface area contributed by atoms with Gasteiger partial charge in [-0.25, -0.2) is 18.6 Å². The molecule has 0 bridgehead atoms. The van der Waals surface area contributed by atoms with Gasteiger partial charge in [-0.2, -0.15) is 17.6 Å². The number of carbonyl (C=O) groups excluding carboxylic acids is 2. The van der Waals surface area contributed by atoms with Crippen LogP contribution >= 0.6 is 35.0 Å². The Balaban J connectivity index is 1.68. The molecule has 3 rings (SSSR count). The molecule has 1 N–H and O–H groups in total. The maximum Gasteiger partial charge on any atom is 0.417 e. The van der Waals surface area contributed by atoms with Gasteiger partial charge in [0.1, 0.15) is 22.2 Å². The molecule has 0 atom stereocenters. The number of rotatable bonds is 4. The van der Waals surface area contributed by atoms with Crippen molar-refractivity contribution in [3.05, 3.63) is 81.5 Å². The SMILES string of the molecule is O=C(Nc1ccc(Oc2ncc(C(F)(F)F)cc2Cl)cc1)N(Cl)C(=O)c1c(F)ccc(Cl)c1F. The van der Waals surface area contributed by atoms with Crippen LogP contribution in [0.5, 0.6) is 11.6 Å². The smallest absolute Gasteiger partial charge is 0.417 e. The molecule has 0 aliphatic rings. The zero-order chi connectivity index (χ0) is 25.2. The minimum Gasteiger partial charge on any atom is -0.438 e. The van der Waals surface area contributed by atoms with Gasteiger partial charge in [-0.1, -0.05) is 23.2 Å². The summed E-state index contributed by atoms with van der Waals surface area (Å²) in [6.45, 7) is 0. The van der Waals surface area contributed by atoms with E-state index in [-0.39, 0.29) is 26.8 Å². The third-order valence-corrected chi connectivity index (χ3v) is 4.94. The molecule has 1 heterocycles. The molecular weight excluding hydrogens is 532 g/mol. The zero-order valence-electron chi connectivity index (χ0n) is 16.3. The number of imide groups is 1. The maximum atomic E-state index is 14.0. The fraction of sp³-hybridized carbons (Fsp3) is 0.0500. The molecule has 34 heavy (non-hydrogen) atoms. The molecule has 3 aromatic rings. The number of alkyl halides is 3. The van der Waals surface area contributed by atoms with E-state index in [0.29, 0.717) is 12.3 Å². The summed E-state index contributed by atoms with van der Waals surface area (Å²) in [5, 5.41) is 1.27. The number of nitrogens with zero attached hydrogens (tertiary/aromatic N) is 2. The molecule has 0 spiro atoms. The summed E-state index contributed by atoms with van der Waals surface area (Å²) < 4.78 is 71.1. The molecule has 14 heteroatoms. The van der Waals surface area contributed by atoms with Crippen LogP contribution in [0.4, 0.5) is 32.4 Å². The number of halogens is 8. The van der Waals surface area contributed by atoms with Crippen LogP contribution in [0.25, 0.3) is 0 Å². The minimum atomic E-state index is -4.63. The van der Waals surface area contributed by atoms with E-state index in [4.69, 9.17) is 39.7 Å². The first-order valence-electron chi connectivity index (χ1n) is 8.84. The Morgan fingerprint density at radius 2 is 1.65 bits per heavy atom. The standard InChI is InChI=1S/C20H9Cl3F5N3O3/c21-12-5-6-14(24)15(16(12)25)18(32)31(23)19(33)30-10-1-3-11(4-2-10)34-17-13(22)7-9(8-29-17)20(26,27)28/h1-8H,(H,30,33). The topological polar surface area (TPSA) is 71.5 Å². The average molecular weight is 541 g/mol. The van der Waals surface area contributed by atoms with Crippen LogP contribution in [-0.2, 0) is 6.18 Å². The number of aromatic nitrogens is 1. The molecule has 0 aliphatic carbocycles. The van der Waals surface area contributed by atoms with Gasteiger partial charge < -0.3 is 10.1 Å². The van der Waals surface area contributed by atoms with Gasteiger partial charge in [-0.15, -0.1) is 0 Å². The van der Waals surface area contributed by atoms with Gasteiger partial charge in [0.05, 0.1) is 10.6 Å². The summed E-state index contributed by atoms with van der Waals surface area (Å²) in [5.41, 5.74) is -2.10. The van der Waals surface area contributed by atoms with Crippen molar-refractivity contribution in [3.8, 4) is 11.6 Å².